The Morgan fingerprint density at radius 1 is 1.14 bits per heavy atom. The molecule has 2 aromatic rings. The van der Waals surface area contributed by atoms with E-state index in [0.29, 0.717) is 18.6 Å². The lowest BCUT2D eigenvalue weighted by Gasteiger charge is -2.09. The van der Waals surface area contributed by atoms with Crippen molar-refractivity contribution in [1.82, 2.24) is 0 Å². The standard InChI is InChI=1S/C11H8O3/c12-10-6-5-9-11(14-10)7-3-1-2-4-8(7)13-9/h1-4H,5-6H2. The van der Waals surface area contributed by atoms with E-state index < -0.39 is 0 Å². The number of ether oxygens (including phenoxy) is 1. The average molecular weight is 188 g/mol. The maximum Gasteiger partial charge on any atom is 0.311 e. The summed E-state index contributed by atoms with van der Waals surface area (Å²) < 4.78 is 10.7. The van der Waals surface area contributed by atoms with Gasteiger partial charge in [0.1, 0.15) is 11.3 Å². The van der Waals surface area contributed by atoms with E-state index in [1.807, 2.05) is 24.3 Å². The fourth-order valence-electron chi connectivity index (χ4n) is 1.73. The SMILES string of the molecule is O=C1CCc2oc3ccccc3c2O1. The Labute approximate surface area is 80.3 Å². The second-order valence-electron chi connectivity index (χ2n) is 3.32. The number of rotatable bonds is 0. The van der Waals surface area contributed by atoms with Crippen LogP contribution in [0.4, 0.5) is 0 Å². The smallest absolute Gasteiger partial charge is 0.311 e. The van der Waals surface area contributed by atoms with Crippen molar-refractivity contribution in [3.63, 3.8) is 0 Å². The molecule has 1 aliphatic rings. The minimum atomic E-state index is -0.177. The molecule has 70 valence electrons. The summed E-state index contributed by atoms with van der Waals surface area (Å²) in [5, 5.41) is 0.885. The van der Waals surface area contributed by atoms with Gasteiger partial charge in [-0.25, -0.2) is 0 Å². The Kier molecular flexibility index (Phi) is 1.42. The number of hydrogen-bond donors (Lipinski definition) is 0. The molecule has 1 aromatic carbocycles. The molecule has 0 spiro atoms. The Morgan fingerprint density at radius 2 is 2.00 bits per heavy atom. The molecule has 0 aliphatic carbocycles. The monoisotopic (exact) mass is 188 g/mol. The van der Waals surface area contributed by atoms with E-state index >= 15 is 0 Å². The first kappa shape index (κ1) is 7.62. The number of benzene rings is 1. The minimum Gasteiger partial charge on any atom is -0.457 e. The Morgan fingerprint density at radius 3 is 2.93 bits per heavy atom. The van der Waals surface area contributed by atoms with E-state index in [9.17, 15) is 4.79 Å². The van der Waals surface area contributed by atoms with Crippen LogP contribution in [0.5, 0.6) is 5.75 Å². The molecule has 0 amide bonds. The van der Waals surface area contributed by atoms with Crippen LogP contribution in [0.1, 0.15) is 12.2 Å². The predicted molar refractivity (Wildman–Crippen MR) is 50.2 cm³/mol. The number of carbonyl (C=O) groups is 1. The van der Waals surface area contributed by atoms with Gasteiger partial charge in [-0.2, -0.15) is 0 Å². The van der Waals surface area contributed by atoms with E-state index in [-0.39, 0.29) is 5.97 Å². The fraction of sp³-hybridized carbons (Fsp3) is 0.182. The summed E-state index contributed by atoms with van der Waals surface area (Å²) in [7, 11) is 0. The highest BCUT2D eigenvalue weighted by Crippen LogP contribution is 2.36. The molecule has 0 saturated heterocycles. The summed E-state index contributed by atoms with van der Waals surface area (Å²) >= 11 is 0. The third kappa shape index (κ3) is 0.954. The summed E-state index contributed by atoms with van der Waals surface area (Å²) in [5.41, 5.74) is 0.784. The zero-order valence-electron chi connectivity index (χ0n) is 7.45. The van der Waals surface area contributed by atoms with Crippen molar-refractivity contribution in [2.24, 2.45) is 0 Å². The van der Waals surface area contributed by atoms with Crippen LogP contribution in [0.2, 0.25) is 0 Å². The Hall–Kier alpha value is -1.77. The normalized spacial score (nSPS) is 15.3. The number of furan rings is 1. The average Bonchev–Trinajstić information content (AvgIpc) is 2.56. The van der Waals surface area contributed by atoms with Crippen molar-refractivity contribution in [3.05, 3.63) is 30.0 Å². The van der Waals surface area contributed by atoms with Crippen molar-refractivity contribution >= 4 is 16.9 Å². The molecule has 0 radical (unpaired) electrons. The summed E-state index contributed by atoms with van der Waals surface area (Å²) in [6, 6.07) is 7.58. The maximum atomic E-state index is 11.1. The van der Waals surface area contributed by atoms with Gasteiger partial charge in [-0.1, -0.05) is 12.1 Å². The third-order valence-electron chi connectivity index (χ3n) is 2.39. The van der Waals surface area contributed by atoms with Gasteiger partial charge in [0.05, 0.1) is 11.8 Å². The zero-order chi connectivity index (χ0) is 9.54. The van der Waals surface area contributed by atoms with Crippen molar-refractivity contribution in [1.29, 1.82) is 0 Å². The molecular formula is C11H8O3. The van der Waals surface area contributed by atoms with Crippen LogP contribution in [0.15, 0.2) is 28.7 Å². The molecule has 3 nitrogen and oxygen atoms in total. The van der Waals surface area contributed by atoms with Crippen LogP contribution in [-0.2, 0) is 11.2 Å². The summed E-state index contributed by atoms with van der Waals surface area (Å²) in [6.07, 6.45) is 1.05. The van der Waals surface area contributed by atoms with Crippen molar-refractivity contribution in [2.45, 2.75) is 12.8 Å². The third-order valence-corrected chi connectivity index (χ3v) is 2.39. The largest absolute Gasteiger partial charge is 0.457 e. The van der Waals surface area contributed by atoms with E-state index in [2.05, 4.69) is 0 Å². The molecule has 3 rings (SSSR count). The van der Waals surface area contributed by atoms with Gasteiger partial charge in [0.2, 0.25) is 0 Å². The molecule has 0 fully saturated rings. The maximum absolute atomic E-state index is 11.1. The summed E-state index contributed by atoms with van der Waals surface area (Å²) in [5.74, 6) is 1.21. The number of esters is 1. The van der Waals surface area contributed by atoms with Crippen LogP contribution in [0.3, 0.4) is 0 Å². The van der Waals surface area contributed by atoms with Gasteiger partial charge in [0.25, 0.3) is 0 Å². The van der Waals surface area contributed by atoms with Crippen LogP contribution >= 0.6 is 0 Å². The number of aryl methyl sites for hydroxylation is 1. The highest BCUT2D eigenvalue weighted by molar-refractivity contribution is 5.89. The minimum absolute atomic E-state index is 0.177. The van der Waals surface area contributed by atoms with Crippen LogP contribution in [-0.4, -0.2) is 5.97 Å². The lowest BCUT2D eigenvalue weighted by molar-refractivity contribution is -0.135. The van der Waals surface area contributed by atoms with Gasteiger partial charge in [0, 0.05) is 6.42 Å². The molecule has 2 heterocycles. The van der Waals surface area contributed by atoms with Crippen molar-refractivity contribution in [2.75, 3.05) is 0 Å². The van der Waals surface area contributed by atoms with Crippen LogP contribution < -0.4 is 4.74 Å². The molecule has 1 aliphatic heterocycles. The molecule has 0 N–H and O–H groups in total. The van der Waals surface area contributed by atoms with Gasteiger partial charge in [0.15, 0.2) is 5.75 Å². The second kappa shape index (κ2) is 2.61. The first-order valence-corrected chi connectivity index (χ1v) is 4.56. The van der Waals surface area contributed by atoms with Crippen LogP contribution in [0.25, 0.3) is 11.0 Å². The van der Waals surface area contributed by atoms with Gasteiger partial charge in [-0.05, 0) is 12.1 Å². The number of carbonyl (C=O) groups excluding carboxylic acids is 1. The molecule has 14 heavy (non-hydrogen) atoms. The Balaban J connectivity index is 2.30. The number of hydrogen-bond acceptors (Lipinski definition) is 3. The van der Waals surface area contributed by atoms with Gasteiger partial charge in [-0.15, -0.1) is 0 Å². The van der Waals surface area contributed by atoms with Crippen LogP contribution in [0, 0.1) is 0 Å². The van der Waals surface area contributed by atoms with Gasteiger partial charge < -0.3 is 9.15 Å². The molecule has 0 unspecified atom stereocenters. The number of para-hydroxylation sites is 1. The molecule has 0 saturated carbocycles. The molecule has 3 heteroatoms. The van der Waals surface area contributed by atoms with E-state index in [1.54, 1.807) is 0 Å². The van der Waals surface area contributed by atoms with Gasteiger partial charge in [-0.3, -0.25) is 4.79 Å². The Bertz CT molecular complexity index is 510. The predicted octanol–water partition coefficient (Wildman–Crippen LogP) is 2.28. The molecular weight excluding hydrogens is 180 g/mol. The highest BCUT2D eigenvalue weighted by Gasteiger charge is 2.23. The van der Waals surface area contributed by atoms with E-state index in [0.717, 1.165) is 16.7 Å². The second-order valence-corrected chi connectivity index (χ2v) is 3.32. The topological polar surface area (TPSA) is 39.4 Å². The first-order valence-electron chi connectivity index (χ1n) is 4.56. The fourth-order valence-corrected chi connectivity index (χ4v) is 1.73. The van der Waals surface area contributed by atoms with E-state index in [1.165, 1.54) is 0 Å². The molecule has 1 aromatic heterocycles. The summed E-state index contributed by atoms with van der Waals surface area (Å²) in [4.78, 5) is 11.1. The zero-order valence-corrected chi connectivity index (χ0v) is 7.45. The van der Waals surface area contributed by atoms with Crippen molar-refractivity contribution < 1.29 is 13.9 Å². The van der Waals surface area contributed by atoms with Crippen molar-refractivity contribution in [3.8, 4) is 5.75 Å². The lowest BCUT2D eigenvalue weighted by Crippen LogP contribution is -2.14. The molecule has 0 bridgehead atoms. The highest BCUT2D eigenvalue weighted by atomic mass is 16.5. The quantitative estimate of drug-likeness (QED) is 0.595. The lowest BCUT2D eigenvalue weighted by atomic mass is 10.1. The number of fused-ring (bicyclic) bond motifs is 3. The first-order chi connectivity index (χ1) is 6.84. The molecule has 0 atom stereocenters. The van der Waals surface area contributed by atoms with E-state index in [4.69, 9.17) is 9.15 Å². The summed E-state index contributed by atoms with van der Waals surface area (Å²) in [6.45, 7) is 0. The van der Waals surface area contributed by atoms with Gasteiger partial charge >= 0.3 is 5.97 Å².